The molecule has 0 radical (unpaired) electrons. The summed E-state index contributed by atoms with van der Waals surface area (Å²) in [7, 11) is 0. The number of carbonyl (C=O) groups excluding carboxylic acids is 1. The van der Waals surface area contributed by atoms with Gasteiger partial charge in [-0.2, -0.15) is 5.10 Å². The smallest absolute Gasteiger partial charge is 0.209 e. The Kier molecular flexibility index (Phi) is 3.72. The third-order valence-electron chi connectivity index (χ3n) is 5.27. The van der Waals surface area contributed by atoms with Gasteiger partial charge in [0.25, 0.3) is 0 Å². The average molecular weight is 350 g/mol. The highest BCUT2D eigenvalue weighted by Gasteiger charge is 2.29. The predicted octanol–water partition coefficient (Wildman–Crippen LogP) is 4.92. The van der Waals surface area contributed by atoms with Crippen LogP contribution in [0.1, 0.15) is 21.8 Å². The summed E-state index contributed by atoms with van der Waals surface area (Å²) in [6.45, 7) is 0.656. The number of fused-ring (bicyclic) bond motifs is 3. The SMILES string of the molecule is O=C(C1=NNCC1c1ccccc1)c1ccc2c(ccc3ccccc32)c1. The molecule has 1 N–H and O–H groups in total. The number of hydrazone groups is 1. The van der Waals surface area contributed by atoms with Crippen LogP contribution in [-0.4, -0.2) is 18.0 Å². The molecule has 0 saturated carbocycles. The Labute approximate surface area is 157 Å². The molecular formula is C24H18N2O. The van der Waals surface area contributed by atoms with Crippen LogP contribution in [0.25, 0.3) is 21.5 Å². The Morgan fingerprint density at radius 3 is 2.44 bits per heavy atom. The molecule has 0 fully saturated rings. The summed E-state index contributed by atoms with van der Waals surface area (Å²) in [4.78, 5) is 13.2. The van der Waals surface area contributed by atoms with E-state index >= 15 is 0 Å². The predicted molar refractivity (Wildman–Crippen MR) is 110 cm³/mol. The molecule has 1 aliphatic heterocycles. The number of hydrogen-bond acceptors (Lipinski definition) is 3. The van der Waals surface area contributed by atoms with Crippen molar-refractivity contribution in [2.45, 2.75) is 5.92 Å². The summed E-state index contributed by atoms with van der Waals surface area (Å²) in [5, 5.41) is 8.96. The first-order chi connectivity index (χ1) is 13.3. The number of nitrogens with zero attached hydrogens (tertiary/aromatic N) is 1. The molecular weight excluding hydrogens is 332 g/mol. The zero-order chi connectivity index (χ0) is 18.2. The monoisotopic (exact) mass is 350 g/mol. The van der Waals surface area contributed by atoms with E-state index in [9.17, 15) is 4.79 Å². The number of rotatable bonds is 3. The first kappa shape index (κ1) is 15.8. The fourth-order valence-electron chi connectivity index (χ4n) is 3.87. The molecule has 1 atom stereocenters. The van der Waals surface area contributed by atoms with Crippen molar-refractivity contribution in [3.63, 3.8) is 0 Å². The first-order valence-electron chi connectivity index (χ1n) is 9.13. The Hall–Kier alpha value is -3.46. The minimum atomic E-state index is -0.0103. The molecule has 3 nitrogen and oxygen atoms in total. The maximum absolute atomic E-state index is 13.2. The van der Waals surface area contributed by atoms with Crippen molar-refractivity contribution in [2.24, 2.45) is 5.10 Å². The van der Waals surface area contributed by atoms with E-state index in [0.29, 0.717) is 17.8 Å². The standard InChI is InChI=1S/C24H18N2O/c27-24(23-22(15-25-26-23)16-6-2-1-3-7-16)19-12-13-21-18(14-19)11-10-17-8-4-5-9-20(17)21/h1-14,22,25H,15H2. The van der Waals surface area contributed by atoms with Crippen LogP contribution in [-0.2, 0) is 0 Å². The lowest BCUT2D eigenvalue weighted by molar-refractivity contribution is 0.106. The summed E-state index contributed by atoms with van der Waals surface area (Å²) in [5.41, 5.74) is 5.38. The fourth-order valence-corrected chi connectivity index (χ4v) is 3.87. The van der Waals surface area contributed by atoms with Crippen molar-refractivity contribution in [1.29, 1.82) is 0 Å². The highest BCUT2D eigenvalue weighted by Crippen LogP contribution is 2.28. The molecule has 27 heavy (non-hydrogen) atoms. The van der Waals surface area contributed by atoms with Crippen LogP contribution in [0.4, 0.5) is 0 Å². The van der Waals surface area contributed by atoms with Crippen molar-refractivity contribution in [3.05, 3.63) is 96.1 Å². The Bertz CT molecular complexity index is 1190. The van der Waals surface area contributed by atoms with Gasteiger partial charge >= 0.3 is 0 Å². The van der Waals surface area contributed by atoms with Crippen LogP contribution in [0.3, 0.4) is 0 Å². The topological polar surface area (TPSA) is 41.5 Å². The number of ketones is 1. The summed E-state index contributed by atoms with van der Waals surface area (Å²) in [6.07, 6.45) is 0. The highest BCUT2D eigenvalue weighted by atomic mass is 16.1. The van der Waals surface area contributed by atoms with E-state index < -0.39 is 0 Å². The second-order valence-corrected chi connectivity index (χ2v) is 6.87. The van der Waals surface area contributed by atoms with Crippen LogP contribution in [0.15, 0.2) is 90.0 Å². The molecule has 0 bridgehead atoms. The zero-order valence-corrected chi connectivity index (χ0v) is 14.7. The van der Waals surface area contributed by atoms with Crippen LogP contribution in [0.5, 0.6) is 0 Å². The Morgan fingerprint density at radius 2 is 1.56 bits per heavy atom. The molecule has 4 aromatic rings. The normalized spacial score (nSPS) is 16.3. The van der Waals surface area contributed by atoms with Gasteiger partial charge in [-0.15, -0.1) is 0 Å². The van der Waals surface area contributed by atoms with Gasteiger partial charge in [0.15, 0.2) is 0 Å². The van der Waals surface area contributed by atoms with Crippen molar-refractivity contribution in [2.75, 3.05) is 6.54 Å². The lowest BCUT2D eigenvalue weighted by Crippen LogP contribution is -2.21. The van der Waals surface area contributed by atoms with Gasteiger partial charge in [0.05, 0.1) is 5.92 Å². The van der Waals surface area contributed by atoms with E-state index in [1.807, 2.05) is 60.7 Å². The molecule has 0 amide bonds. The largest absolute Gasteiger partial charge is 0.309 e. The van der Waals surface area contributed by atoms with Gasteiger partial charge in [0.2, 0.25) is 5.78 Å². The Morgan fingerprint density at radius 1 is 0.815 bits per heavy atom. The van der Waals surface area contributed by atoms with E-state index in [0.717, 1.165) is 16.3 Å². The molecule has 3 heteroatoms. The molecule has 1 heterocycles. The van der Waals surface area contributed by atoms with Gasteiger partial charge < -0.3 is 5.43 Å². The second-order valence-electron chi connectivity index (χ2n) is 6.87. The summed E-state index contributed by atoms with van der Waals surface area (Å²) in [5.74, 6) is -0.0186. The molecule has 0 aromatic heterocycles. The molecule has 0 saturated heterocycles. The van der Waals surface area contributed by atoms with Gasteiger partial charge in [0.1, 0.15) is 5.71 Å². The molecule has 4 aromatic carbocycles. The third-order valence-corrected chi connectivity index (χ3v) is 5.27. The lowest BCUT2D eigenvalue weighted by atomic mass is 9.89. The van der Waals surface area contributed by atoms with E-state index in [1.54, 1.807) is 0 Å². The molecule has 5 rings (SSSR count). The fraction of sp³-hybridized carbons (Fsp3) is 0.0833. The highest BCUT2D eigenvalue weighted by molar-refractivity contribution is 6.48. The first-order valence-corrected chi connectivity index (χ1v) is 9.13. The molecule has 0 spiro atoms. The lowest BCUT2D eigenvalue weighted by Gasteiger charge is -2.12. The molecule has 1 unspecified atom stereocenters. The number of Topliss-reactive ketones (excluding diaryl/α,β-unsaturated/α-hetero) is 1. The van der Waals surface area contributed by atoms with Crippen LogP contribution >= 0.6 is 0 Å². The van der Waals surface area contributed by atoms with Crippen molar-refractivity contribution < 1.29 is 4.79 Å². The average Bonchev–Trinajstić information content (AvgIpc) is 3.23. The van der Waals surface area contributed by atoms with E-state index in [4.69, 9.17) is 0 Å². The number of hydrogen-bond donors (Lipinski definition) is 1. The van der Waals surface area contributed by atoms with Crippen molar-refractivity contribution >= 4 is 33.0 Å². The zero-order valence-electron chi connectivity index (χ0n) is 14.7. The maximum atomic E-state index is 13.2. The summed E-state index contributed by atoms with van der Waals surface area (Å²) < 4.78 is 0. The van der Waals surface area contributed by atoms with Gasteiger partial charge in [-0.1, -0.05) is 78.9 Å². The summed E-state index contributed by atoms with van der Waals surface area (Å²) in [6, 6.07) is 28.5. The van der Waals surface area contributed by atoms with Gasteiger partial charge in [-0.3, -0.25) is 4.79 Å². The van der Waals surface area contributed by atoms with Crippen LogP contribution < -0.4 is 5.43 Å². The van der Waals surface area contributed by atoms with Crippen molar-refractivity contribution in [1.82, 2.24) is 5.43 Å². The van der Waals surface area contributed by atoms with Crippen LogP contribution in [0.2, 0.25) is 0 Å². The van der Waals surface area contributed by atoms with Crippen molar-refractivity contribution in [3.8, 4) is 0 Å². The Balaban J connectivity index is 1.55. The summed E-state index contributed by atoms with van der Waals surface area (Å²) >= 11 is 0. The molecule has 1 aliphatic rings. The maximum Gasteiger partial charge on any atom is 0.209 e. The second kappa shape index (κ2) is 6.36. The molecule has 130 valence electrons. The minimum Gasteiger partial charge on any atom is -0.309 e. The van der Waals surface area contributed by atoms with E-state index in [-0.39, 0.29) is 11.7 Å². The van der Waals surface area contributed by atoms with Gasteiger partial charge in [0, 0.05) is 12.1 Å². The minimum absolute atomic E-state index is 0.00833. The van der Waals surface area contributed by atoms with Crippen LogP contribution in [0, 0.1) is 0 Å². The number of nitrogens with one attached hydrogen (secondary N) is 1. The number of carbonyl (C=O) groups is 1. The quantitative estimate of drug-likeness (QED) is 0.421. The van der Waals surface area contributed by atoms with E-state index in [1.165, 1.54) is 10.8 Å². The van der Waals surface area contributed by atoms with Gasteiger partial charge in [-0.05, 0) is 33.2 Å². The molecule has 0 aliphatic carbocycles. The van der Waals surface area contributed by atoms with E-state index in [2.05, 4.69) is 34.8 Å². The third kappa shape index (κ3) is 2.68. The number of benzene rings is 4. The van der Waals surface area contributed by atoms with Gasteiger partial charge in [-0.25, -0.2) is 0 Å².